The molecule has 1 atom stereocenters. The largest absolute Gasteiger partial charge is 0.497 e. The van der Waals surface area contributed by atoms with E-state index in [1.807, 2.05) is 23.1 Å². The Morgan fingerprint density at radius 2 is 2.00 bits per heavy atom. The Morgan fingerprint density at radius 3 is 2.55 bits per heavy atom. The molecule has 2 rings (SSSR count). The molecular weight excluding hydrogens is 298 g/mol. The molecule has 1 aromatic carbocycles. The fraction of sp³-hybridized carbons (Fsp3) is 0.500. The Balaban J connectivity index is 2.27. The minimum absolute atomic E-state index is 0.00900. The van der Waals surface area contributed by atoms with Crippen LogP contribution in [0.3, 0.4) is 0 Å². The molecule has 0 N–H and O–H groups in total. The number of hydrogen-bond donors (Lipinski definition) is 0. The summed E-state index contributed by atoms with van der Waals surface area (Å²) in [4.78, 5) is 14.0. The van der Waals surface area contributed by atoms with Gasteiger partial charge in [-0.1, -0.05) is 0 Å². The third kappa shape index (κ3) is 3.33. The lowest BCUT2D eigenvalue weighted by molar-refractivity contribution is -0.130. The van der Waals surface area contributed by atoms with Gasteiger partial charge < -0.3 is 14.4 Å². The van der Waals surface area contributed by atoms with Crippen LogP contribution in [0.25, 0.3) is 0 Å². The number of methoxy groups -OCH3 is 2. The number of ether oxygens (including phenoxy) is 2. The standard InChI is InChI=1S/C14H18ClNO3S/c1-18-11-7-10(8-12(9-11)19-2)14-16(5-6-20-14)13(17)3-4-15/h7-9,14H,3-6H2,1-2H3. The van der Waals surface area contributed by atoms with Gasteiger partial charge in [0.2, 0.25) is 5.91 Å². The van der Waals surface area contributed by atoms with E-state index in [1.165, 1.54) is 0 Å². The van der Waals surface area contributed by atoms with Crippen molar-refractivity contribution in [1.29, 1.82) is 0 Å². The summed E-state index contributed by atoms with van der Waals surface area (Å²) in [7, 11) is 3.24. The van der Waals surface area contributed by atoms with Crippen molar-refractivity contribution in [2.24, 2.45) is 0 Å². The van der Waals surface area contributed by atoms with Gasteiger partial charge in [-0.15, -0.1) is 23.4 Å². The minimum atomic E-state index is 0.00900. The second-order valence-corrected chi connectivity index (χ2v) is 5.96. The Hall–Kier alpha value is -1.07. The molecular formula is C14H18ClNO3S. The molecule has 1 aromatic rings. The molecule has 0 radical (unpaired) electrons. The highest BCUT2D eigenvalue weighted by Gasteiger charge is 2.30. The van der Waals surface area contributed by atoms with Crippen LogP contribution in [-0.4, -0.2) is 43.2 Å². The fourth-order valence-electron chi connectivity index (χ4n) is 2.20. The molecule has 110 valence electrons. The minimum Gasteiger partial charge on any atom is -0.497 e. The Morgan fingerprint density at radius 1 is 1.35 bits per heavy atom. The highest BCUT2D eigenvalue weighted by molar-refractivity contribution is 7.99. The summed E-state index contributed by atoms with van der Waals surface area (Å²) in [5.74, 6) is 2.84. The number of thioether (sulfide) groups is 1. The average molecular weight is 316 g/mol. The van der Waals surface area contributed by atoms with Gasteiger partial charge in [0, 0.05) is 30.7 Å². The van der Waals surface area contributed by atoms with Crippen LogP contribution in [0.1, 0.15) is 17.4 Å². The SMILES string of the molecule is COc1cc(OC)cc(C2SCCN2C(=O)CCCl)c1. The van der Waals surface area contributed by atoms with Crippen LogP contribution in [0.15, 0.2) is 18.2 Å². The molecule has 0 bridgehead atoms. The molecule has 1 heterocycles. The van der Waals surface area contributed by atoms with E-state index in [0.29, 0.717) is 12.3 Å². The average Bonchev–Trinajstić information content (AvgIpc) is 2.96. The van der Waals surface area contributed by atoms with Gasteiger partial charge in [-0.25, -0.2) is 0 Å². The van der Waals surface area contributed by atoms with Crippen LogP contribution in [0.5, 0.6) is 11.5 Å². The van der Waals surface area contributed by atoms with Gasteiger partial charge in [0.15, 0.2) is 0 Å². The van der Waals surface area contributed by atoms with Gasteiger partial charge >= 0.3 is 0 Å². The Bertz CT molecular complexity index is 461. The molecule has 0 saturated carbocycles. The van der Waals surface area contributed by atoms with E-state index >= 15 is 0 Å². The first-order valence-corrected chi connectivity index (χ1v) is 7.98. The van der Waals surface area contributed by atoms with E-state index in [0.717, 1.165) is 29.4 Å². The third-order valence-electron chi connectivity index (χ3n) is 3.18. The van der Waals surface area contributed by atoms with Crippen LogP contribution in [0.4, 0.5) is 0 Å². The lowest BCUT2D eigenvalue weighted by Crippen LogP contribution is -2.30. The fourth-order valence-corrected chi connectivity index (χ4v) is 3.62. The maximum Gasteiger partial charge on any atom is 0.224 e. The first-order chi connectivity index (χ1) is 9.69. The number of hydrogen-bond acceptors (Lipinski definition) is 4. The number of halogens is 1. The number of carbonyl (C=O) groups excluding carboxylic acids is 1. The predicted molar refractivity (Wildman–Crippen MR) is 81.8 cm³/mol. The third-order valence-corrected chi connectivity index (χ3v) is 4.63. The first kappa shape index (κ1) is 15.3. The topological polar surface area (TPSA) is 38.8 Å². The quantitative estimate of drug-likeness (QED) is 0.783. The van der Waals surface area contributed by atoms with Crippen LogP contribution in [0, 0.1) is 0 Å². The van der Waals surface area contributed by atoms with E-state index in [4.69, 9.17) is 21.1 Å². The van der Waals surface area contributed by atoms with Crippen LogP contribution in [-0.2, 0) is 4.79 Å². The number of benzene rings is 1. The van der Waals surface area contributed by atoms with Gasteiger partial charge in [-0.05, 0) is 17.7 Å². The highest BCUT2D eigenvalue weighted by Crippen LogP contribution is 2.40. The Labute approximate surface area is 128 Å². The van der Waals surface area contributed by atoms with E-state index < -0.39 is 0 Å². The molecule has 0 spiro atoms. The van der Waals surface area contributed by atoms with Crippen molar-refractivity contribution in [3.8, 4) is 11.5 Å². The lowest BCUT2D eigenvalue weighted by Gasteiger charge is -2.24. The van der Waals surface area contributed by atoms with Gasteiger partial charge in [0.25, 0.3) is 0 Å². The Kier molecular flexibility index (Phi) is 5.43. The van der Waals surface area contributed by atoms with Gasteiger partial charge in [0.1, 0.15) is 16.9 Å². The van der Waals surface area contributed by atoms with Gasteiger partial charge in [0.05, 0.1) is 14.2 Å². The molecule has 6 heteroatoms. The zero-order chi connectivity index (χ0) is 14.5. The first-order valence-electron chi connectivity index (χ1n) is 6.39. The molecule has 1 saturated heterocycles. The van der Waals surface area contributed by atoms with Crippen molar-refractivity contribution in [2.45, 2.75) is 11.8 Å². The normalized spacial score (nSPS) is 18.1. The molecule has 20 heavy (non-hydrogen) atoms. The molecule has 1 amide bonds. The second kappa shape index (κ2) is 7.09. The van der Waals surface area contributed by atoms with Crippen molar-refractivity contribution < 1.29 is 14.3 Å². The molecule has 0 aromatic heterocycles. The van der Waals surface area contributed by atoms with Crippen LogP contribution < -0.4 is 9.47 Å². The molecule has 1 unspecified atom stereocenters. The summed E-state index contributed by atoms with van der Waals surface area (Å²) in [6, 6.07) is 5.73. The maximum absolute atomic E-state index is 12.1. The maximum atomic E-state index is 12.1. The smallest absolute Gasteiger partial charge is 0.224 e. The van der Waals surface area contributed by atoms with Crippen LogP contribution in [0.2, 0.25) is 0 Å². The van der Waals surface area contributed by atoms with Gasteiger partial charge in [-0.2, -0.15) is 0 Å². The summed E-state index contributed by atoms with van der Waals surface area (Å²) < 4.78 is 10.6. The summed E-state index contributed by atoms with van der Waals surface area (Å²) in [5, 5.41) is 0.00900. The number of nitrogens with zero attached hydrogens (tertiary/aromatic N) is 1. The van der Waals surface area contributed by atoms with Crippen molar-refractivity contribution in [1.82, 2.24) is 4.90 Å². The van der Waals surface area contributed by atoms with E-state index in [-0.39, 0.29) is 11.3 Å². The lowest BCUT2D eigenvalue weighted by atomic mass is 10.1. The van der Waals surface area contributed by atoms with Gasteiger partial charge in [-0.3, -0.25) is 4.79 Å². The summed E-state index contributed by atoms with van der Waals surface area (Å²) >= 11 is 7.42. The van der Waals surface area contributed by atoms with E-state index in [9.17, 15) is 4.79 Å². The highest BCUT2D eigenvalue weighted by atomic mass is 35.5. The summed E-state index contributed by atoms with van der Waals surface area (Å²) in [6.07, 6.45) is 0.375. The van der Waals surface area contributed by atoms with Crippen molar-refractivity contribution in [3.05, 3.63) is 23.8 Å². The van der Waals surface area contributed by atoms with Crippen LogP contribution >= 0.6 is 23.4 Å². The predicted octanol–water partition coefficient (Wildman–Crippen LogP) is 2.91. The summed E-state index contributed by atoms with van der Waals surface area (Å²) in [5.41, 5.74) is 1.02. The zero-order valence-electron chi connectivity index (χ0n) is 11.6. The molecule has 0 aliphatic carbocycles. The second-order valence-electron chi connectivity index (χ2n) is 4.40. The number of rotatable bonds is 5. The monoisotopic (exact) mass is 315 g/mol. The summed E-state index contributed by atoms with van der Waals surface area (Å²) in [6.45, 7) is 0.755. The number of alkyl halides is 1. The van der Waals surface area contributed by atoms with Crippen molar-refractivity contribution in [2.75, 3.05) is 32.4 Å². The van der Waals surface area contributed by atoms with E-state index in [2.05, 4.69) is 0 Å². The number of carbonyl (C=O) groups is 1. The van der Waals surface area contributed by atoms with Crippen molar-refractivity contribution in [3.63, 3.8) is 0 Å². The molecule has 1 aliphatic rings. The molecule has 4 nitrogen and oxygen atoms in total. The zero-order valence-corrected chi connectivity index (χ0v) is 13.2. The number of amides is 1. The van der Waals surface area contributed by atoms with E-state index in [1.54, 1.807) is 26.0 Å². The molecule has 1 fully saturated rings. The molecule has 1 aliphatic heterocycles. The van der Waals surface area contributed by atoms with Crippen molar-refractivity contribution >= 4 is 29.3 Å².